The fourth-order valence-electron chi connectivity index (χ4n) is 5.41. The van der Waals surface area contributed by atoms with E-state index in [9.17, 15) is 19.2 Å². The highest BCUT2D eigenvalue weighted by Crippen LogP contribution is 2.37. The molecule has 0 aliphatic carbocycles. The zero-order valence-electron chi connectivity index (χ0n) is 27.3. The normalized spacial score (nSPS) is 19.6. The molecule has 5 aromatic carbocycles. The van der Waals surface area contributed by atoms with Crippen molar-refractivity contribution in [2.75, 3.05) is 6.61 Å². The molecule has 258 valence electrons. The molecule has 0 saturated carbocycles. The molecule has 0 radical (unpaired) electrons. The quantitative estimate of drug-likeness (QED) is 0.0979. The summed E-state index contributed by atoms with van der Waals surface area (Å²) < 4.78 is 30.6. The summed E-state index contributed by atoms with van der Waals surface area (Å²) in [5.74, 6) is -2.38. The van der Waals surface area contributed by atoms with E-state index in [1.165, 1.54) is 11.8 Å². The van der Waals surface area contributed by atoms with Crippen LogP contribution in [0.25, 0.3) is 0 Å². The van der Waals surface area contributed by atoms with Gasteiger partial charge in [0.25, 0.3) is 0 Å². The smallest absolute Gasteiger partial charge is 0.338 e. The van der Waals surface area contributed by atoms with Crippen LogP contribution in [0.15, 0.2) is 152 Å². The monoisotopic (exact) mass is 702 g/mol. The molecule has 0 spiro atoms. The van der Waals surface area contributed by atoms with Crippen molar-refractivity contribution in [3.8, 4) is 0 Å². The first kappa shape index (κ1) is 35.1. The molecule has 1 aliphatic heterocycles. The van der Waals surface area contributed by atoms with Crippen molar-refractivity contribution in [3.05, 3.63) is 179 Å². The third kappa shape index (κ3) is 9.30. The molecule has 1 heterocycles. The van der Waals surface area contributed by atoms with Gasteiger partial charge in [0, 0.05) is 5.75 Å². The van der Waals surface area contributed by atoms with Gasteiger partial charge >= 0.3 is 23.9 Å². The lowest BCUT2D eigenvalue weighted by atomic mass is 9.98. The molecule has 51 heavy (non-hydrogen) atoms. The summed E-state index contributed by atoms with van der Waals surface area (Å²) in [5, 5.41) is 0. The largest absolute Gasteiger partial charge is 0.459 e. The van der Waals surface area contributed by atoms with Crippen molar-refractivity contribution in [2.45, 2.75) is 35.6 Å². The van der Waals surface area contributed by atoms with Gasteiger partial charge in [0.05, 0.1) is 22.3 Å². The Hall–Kier alpha value is -5.71. The van der Waals surface area contributed by atoms with E-state index in [2.05, 4.69) is 0 Å². The zero-order chi connectivity index (χ0) is 35.4. The number of hydrogen-bond donors (Lipinski definition) is 0. The van der Waals surface area contributed by atoms with Crippen LogP contribution >= 0.6 is 11.8 Å². The lowest BCUT2D eigenvalue weighted by molar-refractivity contribution is -0.207. The van der Waals surface area contributed by atoms with Gasteiger partial charge in [0.15, 0.2) is 18.3 Å². The SMILES string of the molecule is O=C(OC[C@H]1O[C@@H](SCc2ccccc2)[C@H](OC(=O)c2ccccc2)[C@@H](OC(=O)c2ccccc2)[C@@H]1OC(=O)c1ccccc1)c1ccccc1. The maximum Gasteiger partial charge on any atom is 0.338 e. The minimum Gasteiger partial charge on any atom is -0.459 e. The van der Waals surface area contributed by atoms with Gasteiger partial charge in [0.1, 0.15) is 18.1 Å². The summed E-state index contributed by atoms with van der Waals surface area (Å²) in [6, 6.07) is 42.9. The Bertz CT molecular complexity index is 1890. The molecule has 0 N–H and O–H groups in total. The molecule has 0 aromatic heterocycles. The van der Waals surface area contributed by atoms with Crippen LogP contribution in [0.5, 0.6) is 0 Å². The van der Waals surface area contributed by atoms with E-state index in [1.54, 1.807) is 121 Å². The first-order valence-corrected chi connectivity index (χ1v) is 17.3. The van der Waals surface area contributed by atoms with Gasteiger partial charge < -0.3 is 23.7 Å². The van der Waals surface area contributed by atoms with E-state index in [0.29, 0.717) is 11.3 Å². The third-order valence-electron chi connectivity index (χ3n) is 7.99. The molecule has 1 saturated heterocycles. The van der Waals surface area contributed by atoms with Crippen molar-refractivity contribution in [1.29, 1.82) is 0 Å². The number of carbonyl (C=O) groups is 4. The van der Waals surface area contributed by atoms with Crippen molar-refractivity contribution < 1.29 is 42.9 Å². The summed E-state index contributed by atoms with van der Waals surface area (Å²) in [5.41, 5.74) is 1.02. The molecular formula is C41H34O9S. The molecular weight excluding hydrogens is 669 g/mol. The van der Waals surface area contributed by atoms with Crippen LogP contribution < -0.4 is 0 Å². The average molecular weight is 703 g/mol. The van der Waals surface area contributed by atoms with Crippen molar-refractivity contribution in [1.82, 2.24) is 0 Å². The molecule has 0 unspecified atom stereocenters. The molecule has 6 rings (SSSR count). The van der Waals surface area contributed by atoms with Gasteiger partial charge in [-0.1, -0.05) is 103 Å². The van der Waals surface area contributed by atoms with E-state index in [1.807, 2.05) is 30.3 Å². The molecule has 10 heteroatoms. The van der Waals surface area contributed by atoms with Crippen molar-refractivity contribution in [3.63, 3.8) is 0 Å². The number of esters is 4. The van der Waals surface area contributed by atoms with E-state index >= 15 is 0 Å². The fourth-order valence-corrected chi connectivity index (χ4v) is 6.58. The maximum absolute atomic E-state index is 13.7. The summed E-state index contributed by atoms with van der Waals surface area (Å²) in [4.78, 5) is 54.1. The van der Waals surface area contributed by atoms with Crippen LogP contribution in [0.3, 0.4) is 0 Å². The minimum absolute atomic E-state index is 0.226. The van der Waals surface area contributed by atoms with Crippen molar-refractivity contribution >= 4 is 35.6 Å². The van der Waals surface area contributed by atoms with E-state index in [-0.39, 0.29) is 23.3 Å². The predicted molar refractivity (Wildman–Crippen MR) is 190 cm³/mol. The first-order valence-electron chi connectivity index (χ1n) is 16.3. The lowest BCUT2D eigenvalue weighted by Crippen LogP contribution is -2.61. The Morgan fingerprint density at radius 2 is 0.843 bits per heavy atom. The lowest BCUT2D eigenvalue weighted by Gasteiger charge is -2.44. The van der Waals surface area contributed by atoms with Crippen LogP contribution in [-0.2, 0) is 29.4 Å². The highest BCUT2D eigenvalue weighted by Gasteiger charge is 2.53. The average Bonchev–Trinajstić information content (AvgIpc) is 3.19. The Balaban J connectivity index is 1.39. The standard InChI is InChI=1S/C41H34O9S/c42-37(29-18-8-2-9-19-29)46-26-33-34(48-38(43)30-20-10-3-11-21-30)35(49-39(44)31-22-12-4-13-23-31)36(50-40(45)32-24-14-5-15-25-32)41(47-33)51-27-28-16-6-1-7-17-28/h1-25,33-36,41H,26-27H2/t33-,34-,35+,36-,41+/m1/s1. The zero-order valence-corrected chi connectivity index (χ0v) is 28.1. The Morgan fingerprint density at radius 3 is 1.29 bits per heavy atom. The van der Waals surface area contributed by atoms with Crippen LogP contribution in [0, 0.1) is 0 Å². The Kier molecular flexibility index (Phi) is 11.9. The summed E-state index contributed by atoms with van der Waals surface area (Å²) in [7, 11) is 0. The number of hydrogen-bond acceptors (Lipinski definition) is 10. The number of thioether (sulfide) groups is 1. The molecule has 1 aliphatic rings. The van der Waals surface area contributed by atoms with Gasteiger partial charge in [-0.05, 0) is 54.1 Å². The minimum atomic E-state index is -1.39. The van der Waals surface area contributed by atoms with Gasteiger partial charge in [-0.2, -0.15) is 0 Å². The Labute approximate surface area is 299 Å². The van der Waals surface area contributed by atoms with E-state index in [4.69, 9.17) is 23.7 Å². The van der Waals surface area contributed by atoms with Crippen LogP contribution in [-0.4, -0.2) is 60.3 Å². The first-order chi connectivity index (χ1) is 25.0. The third-order valence-corrected chi connectivity index (χ3v) is 9.20. The topological polar surface area (TPSA) is 114 Å². The van der Waals surface area contributed by atoms with Gasteiger partial charge in [-0.3, -0.25) is 0 Å². The maximum atomic E-state index is 13.7. The second-order valence-corrected chi connectivity index (χ2v) is 12.6. The molecule has 1 fully saturated rings. The summed E-state index contributed by atoms with van der Waals surface area (Å²) >= 11 is 1.30. The fraction of sp³-hybridized carbons (Fsp3) is 0.171. The molecule has 9 nitrogen and oxygen atoms in total. The predicted octanol–water partition coefficient (Wildman–Crippen LogP) is 7.18. The van der Waals surface area contributed by atoms with Gasteiger partial charge in [-0.25, -0.2) is 19.2 Å². The van der Waals surface area contributed by atoms with Crippen LogP contribution in [0.1, 0.15) is 47.0 Å². The van der Waals surface area contributed by atoms with Gasteiger partial charge in [0.2, 0.25) is 0 Å². The number of ether oxygens (including phenoxy) is 5. The van der Waals surface area contributed by atoms with Crippen LogP contribution in [0.2, 0.25) is 0 Å². The van der Waals surface area contributed by atoms with Gasteiger partial charge in [-0.15, -0.1) is 11.8 Å². The summed E-state index contributed by atoms with van der Waals surface area (Å²) in [6.07, 6.45) is -5.18. The second kappa shape index (κ2) is 17.3. The molecule has 5 atom stereocenters. The number of rotatable bonds is 12. The number of carbonyl (C=O) groups excluding carboxylic acids is 4. The number of benzene rings is 5. The summed E-state index contributed by atoms with van der Waals surface area (Å²) in [6.45, 7) is -0.373. The van der Waals surface area contributed by atoms with E-state index < -0.39 is 53.7 Å². The highest BCUT2D eigenvalue weighted by atomic mass is 32.2. The molecule has 5 aromatic rings. The highest BCUT2D eigenvalue weighted by molar-refractivity contribution is 7.99. The second-order valence-electron chi connectivity index (χ2n) is 11.5. The van der Waals surface area contributed by atoms with E-state index in [0.717, 1.165) is 5.56 Å². The van der Waals surface area contributed by atoms with Crippen LogP contribution in [0.4, 0.5) is 0 Å². The van der Waals surface area contributed by atoms with Crippen molar-refractivity contribution in [2.24, 2.45) is 0 Å². The molecule has 0 amide bonds. The Morgan fingerprint density at radius 1 is 0.471 bits per heavy atom. The molecule has 0 bridgehead atoms.